The van der Waals surface area contributed by atoms with Gasteiger partial charge in [0, 0.05) is 122 Å². The summed E-state index contributed by atoms with van der Waals surface area (Å²) in [5.41, 5.74) is 9.67. The molecular formula is C105H74F2K2Na2O23S2. The van der Waals surface area contributed by atoms with Gasteiger partial charge in [-0.2, -0.15) is 8.67 Å². The molecule has 662 valence electrons. The van der Waals surface area contributed by atoms with Crippen molar-refractivity contribution in [1.82, 2.24) is 0 Å². The van der Waals surface area contributed by atoms with E-state index in [4.69, 9.17) is 29.0 Å². The van der Waals surface area contributed by atoms with Crippen LogP contribution in [-0.2, 0) is 28.4 Å². The number of benzene rings is 15. The first-order chi connectivity index (χ1) is 64.0. The summed E-state index contributed by atoms with van der Waals surface area (Å²) in [6.07, 6.45) is 10.6. The minimum absolute atomic E-state index is 0. The Balaban J connectivity index is 0.000000250. The number of aromatic hydroxyl groups is 4. The topological polar surface area (TPSA) is 353 Å². The number of phenolic OH excluding ortho intramolecular Hbond substituents is 4. The molecular weight excluding hydrogens is 1860 g/mol. The minimum atomic E-state index is -0.507. The molecule has 136 heavy (non-hydrogen) atoms. The van der Waals surface area contributed by atoms with Gasteiger partial charge >= 0.3 is 162 Å². The maximum absolute atomic E-state index is 13.8. The fraction of sp³-hybridized carbons (Fsp3) is 0.0762. The van der Waals surface area contributed by atoms with Crippen LogP contribution in [0.1, 0.15) is 161 Å². The van der Waals surface area contributed by atoms with Gasteiger partial charge in [-0.3, -0.25) is 43.6 Å². The van der Waals surface area contributed by atoms with Gasteiger partial charge < -0.3 is 61.5 Å². The van der Waals surface area contributed by atoms with Crippen LogP contribution in [0.25, 0.3) is 21.5 Å². The third-order valence-corrected chi connectivity index (χ3v) is 23.3. The second-order valence-electron chi connectivity index (χ2n) is 30.5. The van der Waals surface area contributed by atoms with Crippen molar-refractivity contribution in [2.24, 2.45) is 0 Å². The normalized spacial score (nSPS) is 13.7. The summed E-state index contributed by atoms with van der Waals surface area (Å²) in [6.45, 7) is 1.79. The van der Waals surface area contributed by atoms with E-state index in [1.807, 2.05) is 55.5 Å². The Kier molecular flexibility index (Phi) is 38.9. The second kappa shape index (κ2) is 49.9. The van der Waals surface area contributed by atoms with Crippen molar-refractivity contribution >= 4 is 86.8 Å². The number of methoxy groups -OCH3 is 1. The molecule has 0 amide bonds. The van der Waals surface area contributed by atoms with Crippen LogP contribution >= 0.6 is 24.1 Å². The second-order valence-corrected chi connectivity index (χ2v) is 32.0. The molecule has 19 rings (SSSR count). The standard InChI is InChI=1S/C63H44O11S.C20H12F2O2.C11H10O2.C10H8O5S.CH2O3.2K.2Na.H/c1-37-6-8-38(9-7-37)60(64)39-10-12-40(13-11-39)61(65)41-16-23-50(24-17-41)70-54-30-31-55(59-46-15-14-45(32-46)58(54)59)71-51-25-18-42(19-26-51)62(66)47-4-3-5-48(33-47)63(67)43-20-27-52(28-21-43)72-57-35-44-22-29-53(75-74-73-68)34-49(44)36-56(57)69-2;21-17-8-2-6-15(11-17)19(23)13-4-1-5-14(10-13)20(24)16-7-3-9-18(22)12-16;12-8-3-4-9(13)11-7-2-1-6(5-7)10(8)11;11-9-4-6-1-2-8(16-15-14-13)3-7(6)5-10(9)12;2-1-4-3;;;;;/h3-31,33-36,45-46,68H,32H2,1-2H3;1-12H;1-4,6-7,12-13H,5H2;1-5,11-13H;1,3H;;;;;/q;;;;;4*+1;-1/p-3. The summed E-state index contributed by atoms with van der Waals surface area (Å²) >= 11 is 1.56. The summed E-state index contributed by atoms with van der Waals surface area (Å²) in [6, 6.07) is 82.4. The Morgan fingerprint density at radius 3 is 0.985 bits per heavy atom. The molecule has 0 radical (unpaired) electrons. The number of ketones is 6. The predicted octanol–water partition coefficient (Wildman–Crippen LogP) is 8.54. The van der Waals surface area contributed by atoms with E-state index < -0.39 is 11.6 Å². The third kappa shape index (κ3) is 25.8. The molecule has 0 saturated carbocycles. The molecule has 4 N–H and O–H groups in total. The van der Waals surface area contributed by atoms with Gasteiger partial charge in [0.25, 0.3) is 6.47 Å². The number of allylic oxidation sites excluding steroid dienone is 4. The van der Waals surface area contributed by atoms with Gasteiger partial charge in [0.15, 0.2) is 57.7 Å². The largest absolute Gasteiger partial charge is 1.00 e. The molecule has 0 fully saturated rings. The summed E-state index contributed by atoms with van der Waals surface area (Å²) in [7, 11) is 1.54. The van der Waals surface area contributed by atoms with E-state index in [9.17, 15) is 68.5 Å². The van der Waals surface area contributed by atoms with Crippen LogP contribution in [0.5, 0.6) is 63.2 Å². The van der Waals surface area contributed by atoms with Crippen molar-refractivity contribution in [2.45, 2.75) is 53.2 Å². The predicted molar refractivity (Wildman–Crippen MR) is 480 cm³/mol. The van der Waals surface area contributed by atoms with Crippen LogP contribution in [0.3, 0.4) is 0 Å². The molecule has 4 atom stereocenters. The van der Waals surface area contributed by atoms with E-state index in [0.717, 1.165) is 98.4 Å². The van der Waals surface area contributed by atoms with E-state index in [1.165, 1.54) is 61.7 Å². The average Bonchev–Trinajstić information content (AvgIpc) is 1.60. The first kappa shape index (κ1) is 106. The quantitative estimate of drug-likeness (QED) is 0.00454. The van der Waals surface area contributed by atoms with Crippen LogP contribution in [0.4, 0.5) is 8.78 Å². The molecule has 15 aromatic carbocycles. The zero-order valence-corrected chi connectivity index (χ0v) is 85.5. The summed E-state index contributed by atoms with van der Waals surface area (Å²) < 4.78 is 59.9. The van der Waals surface area contributed by atoms with Gasteiger partial charge in [-0.1, -0.05) is 151 Å². The number of rotatable bonds is 26. The summed E-state index contributed by atoms with van der Waals surface area (Å²) in [5.74, 6) is 2.70. The van der Waals surface area contributed by atoms with E-state index in [-0.39, 0.29) is 250 Å². The molecule has 0 spiro atoms. The van der Waals surface area contributed by atoms with Crippen molar-refractivity contribution < 1.29 is 284 Å². The van der Waals surface area contributed by atoms with E-state index in [1.54, 1.807) is 188 Å². The van der Waals surface area contributed by atoms with Crippen LogP contribution in [0.15, 0.2) is 337 Å². The SMILES string of the molecule is COc1cc2cc(SOO[O-])ccc2cc1Oc1ccc(C(=O)c2cccc(C(=O)c3ccc(Oc4ccc(Oc5ccc(C(=O)c6ccc(C(=O)c7ccc(C)cc7)cc6)cc5)c5c4C4C=CC5C4)cc3)c2)cc1.O=C(c1cccc(F)c1)c1cccc(C(=O)c2cccc(F)c2)c1.O=CO[O-].Oc1ccc(O)c2c1C1C=CC2C1.[H-].[K+].[K+].[Na+].[Na+].[O-]OOSc1ccc2cc(O)c(O)cc2c1. The van der Waals surface area contributed by atoms with Gasteiger partial charge in [0.2, 0.25) is 0 Å². The number of hydrogen-bond donors (Lipinski definition) is 4. The fourth-order valence-electron chi connectivity index (χ4n) is 15.9. The number of carbonyl (C=O) groups excluding carboxylic acids is 7. The zero-order chi connectivity index (χ0) is 92.6. The van der Waals surface area contributed by atoms with E-state index >= 15 is 0 Å². The third-order valence-electron chi connectivity index (χ3n) is 22.2. The average molecular weight is 1930 g/mol. The Bertz CT molecular complexity index is 6880. The van der Waals surface area contributed by atoms with Crippen LogP contribution in [-0.4, -0.2) is 68.7 Å². The van der Waals surface area contributed by atoms with Crippen LogP contribution in [0.2, 0.25) is 0 Å². The molecule has 4 aliphatic carbocycles. The Labute approximate surface area is 917 Å². The monoisotopic (exact) mass is 1930 g/mol. The number of hydrogen-bond acceptors (Lipinski definition) is 25. The number of ether oxygens (including phenoxy) is 4. The van der Waals surface area contributed by atoms with Crippen molar-refractivity contribution in [1.29, 1.82) is 0 Å². The minimum Gasteiger partial charge on any atom is -1.00 e. The number of carbonyl (C=O) groups is 7. The molecule has 15 aromatic rings. The first-order valence-corrected chi connectivity index (χ1v) is 42.2. The summed E-state index contributed by atoms with van der Waals surface area (Å²) in [4.78, 5) is 91.3. The smallest absolute Gasteiger partial charge is 1.00 e. The van der Waals surface area contributed by atoms with Crippen LogP contribution in [0, 0.1) is 18.6 Å². The van der Waals surface area contributed by atoms with Gasteiger partial charge in [0.05, 0.1) is 31.2 Å². The molecule has 0 saturated heterocycles. The molecule has 0 heterocycles. The Morgan fingerprint density at radius 2 is 0.632 bits per heavy atom. The van der Waals surface area contributed by atoms with Crippen molar-refractivity contribution in [2.75, 3.05) is 7.11 Å². The Morgan fingerprint density at radius 1 is 0.338 bits per heavy atom. The fourth-order valence-corrected chi connectivity index (χ4v) is 16.7. The van der Waals surface area contributed by atoms with Gasteiger partial charge in [0.1, 0.15) is 51.9 Å². The molecule has 4 bridgehead atoms. The van der Waals surface area contributed by atoms with Crippen molar-refractivity contribution in [3.05, 3.63) is 434 Å². The maximum atomic E-state index is 13.8. The molecule has 23 nitrogen and oxygen atoms in total. The van der Waals surface area contributed by atoms with Crippen molar-refractivity contribution in [3.8, 4) is 63.2 Å². The molecule has 31 heteroatoms. The van der Waals surface area contributed by atoms with Gasteiger partial charge in [-0.05, 0) is 223 Å². The molecule has 4 unspecified atom stereocenters. The van der Waals surface area contributed by atoms with Gasteiger partial charge in [-0.15, -0.1) is 0 Å². The molecule has 0 aromatic heterocycles. The Hall–Kier alpha value is -10.3. The number of fused-ring (bicyclic) bond motifs is 12. The van der Waals surface area contributed by atoms with E-state index in [2.05, 4.69) is 47.9 Å². The zero-order valence-electron chi connectivity index (χ0n) is 74.6. The first-order valence-electron chi connectivity index (χ1n) is 40.7. The number of phenols is 4. The molecule has 0 aliphatic heterocycles. The number of aryl methyl sites for hydroxylation is 1. The maximum Gasteiger partial charge on any atom is 1.00 e. The number of halogens is 2. The van der Waals surface area contributed by atoms with Gasteiger partial charge in [-0.25, -0.2) is 8.78 Å². The van der Waals surface area contributed by atoms with E-state index in [0.29, 0.717) is 118 Å². The van der Waals surface area contributed by atoms with Crippen molar-refractivity contribution in [3.63, 3.8) is 0 Å². The summed E-state index contributed by atoms with van der Waals surface area (Å²) in [5, 5.41) is 76.1. The molecule has 4 aliphatic rings. The van der Waals surface area contributed by atoms with Crippen LogP contribution < -0.4 is 197 Å².